The smallest absolute Gasteiger partial charge is 0.219 e. The van der Waals surface area contributed by atoms with Crippen LogP contribution in [0.1, 0.15) is 32.6 Å². The molecular weight excluding hydrogens is 264 g/mol. The first-order chi connectivity index (χ1) is 10.1. The first-order valence-corrected chi connectivity index (χ1v) is 7.98. The number of amides is 1. The van der Waals surface area contributed by atoms with Gasteiger partial charge < -0.3 is 10.2 Å². The third-order valence-electron chi connectivity index (χ3n) is 5.02. The molecule has 0 aromatic carbocycles. The van der Waals surface area contributed by atoms with E-state index in [9.17, 15) is 9.59 Å². The normalized spacial score (nSPS) is 32.0. The molecule has 0 aromatic heterocycles. The number of likely N-dealkylation sites (tertiary alicyclic amines) is 1. The predicted molar refractivity (Wildman–Crippen MR) is 81.7 cm³/mol. The van der Waals surface area contributed by atoms with Crippen LogP contribution in [0.2, 0.25) is 0 Å². The summed E-state index contributed by atoms with van der Waals surface area (Å²) in [7, 11) is 0. The van der Waals surface area contributed by atoms with Gasteiger partial charge in [0.05, 0.1) is 0 Å². The van der Waals surface area contributed by atoms with Gasteiger partial charge in [-0.05, 0) is 24.7 Å². The van der Waals surface area contributed by atoms with E-state index in [1.807, 2.05) is 4.90 Å². The number of allylic oxidation sites excluding steroid dienone is 3. The number of rotatable bonds is 3. The molecule has 2 unspecified atom stereocenters. The highest BCUT2D eigenvalue weighted by atomic mass is 16.2. The number of piperidine rings is 1. The van der Waals surface area contributed by atoms with Crippen molar-refractivity contribution in [3.63, 3.8) is 0 Å². The van der Waals surface area contributed by atoms with E-state index in [1.54, 1.807) is 6.92 Å². The quantitative estimate of drug-likeness (QED) is 0.859. The minimum Gasteiger partial charge on any atom is -0.342 e. The molecule has 1 saturated heterocycles. The van der Waals surface area contributed by atoms with Gasteiger partial charge in [-0.2, -0.15) is 0 Å². The van der Waals surface area contributed by atoms with Crippen molar-refractivity contribution in [2.45, 2.75) is 38.6 Å². The van der Waals surface area contributed by atoms with Crippen LogP contribution in [0.5, 0.6) is 0 Å². The van der Waals surface area contributed by atoms with Gasteiger partial charge in [0.1, 0.15) is 5.78 Å². The van der Waals surface area contributed by atoms with Gasteiger partial charge in [0.15, 0.2) is 0 Å². The first-order valence-electron chi connectivity index (χ1n) is 7.98. The molecule has 3 rings (SSSR count). The van der Waals surface area contributed by atoms with Gasteiger partial charge in [-0.1, -0.05) is 23.8 Å². The lowest BCUT2D eigenvalue weighted by molar-refractivity contribution is -0.138. The highest BCUT2D eigenvalue weighted by Crippen LogP contribution is 2.33. The predicted octanol–water partition coefficient (Wildman–Crippen LogP) is 1.68. The van der Waals surface area contributed by atoms with Gasteiger partial charge in [0, 0.05) is 45.4 Å². The fourth-order valence-electron chi connectivity index (χ4n) is 3.94. The molecule has 2 atom stereocenters. The summed E-state index contributed by atoms with van der Waals surface area (Å²) in [6.07, 6.45) is 10.0. The number of fused-ring (bicyclic) bond motifs is 2. The van der Waals surface area contributed by atoms with Crippen molar-refractivity contribution in [3.05, 3.63) is 23.8 Å². The van der Waals surface area contributed by atoms with Crippen LogP contribution in [-0.2, 0) is 9.59 Å². The minimum absolute atomic E-state index is 0.137. The highest BCUT2D eigenvalue weighted by Gasteiger charge is 2.42. The number of hydrogen-bond acceptors (Lipinski definition) is 3. The number of Topliss-reactive ketones (excluding diaryl/α,β-unsaturated/α-hetero) is 1. The van der Waals surface area contributed by atoms with Crippen LogP contribution in [0.25, 0.3) is 0 Å². The maximum absolute atomic E-state index is 11.9. The van der Waals surface area contributed by atoms with Crippen molar-refractivity contribution in [3.8, 4) is 0 Å². The van der Waals surface area contributed by atoms with E-state index in [0.29, 0.717) is 24.7 Å². The van der Waals surface area contributed by atoms with Gasteiger partial charge in [0.2, 0.25) is 5.91 Å². The summed E-state index contributed by atoms with van der Waals surface area (Å²) in [6.45, 7) is 4.00. The fourth-order valence-corrected chi connectivity index (χ4v) is 3.94. The van der Waals surface area contributed by atoms with Gasteiger partial charge in [-0.25, -0.2) is 0 Å². The lowest BCUT2D eigenvalue weighted by atomic mass is 9.72. The molecule has 1 N–H and O–H groups in total. The molecule has 1 aliphatic heterocycles. The van der Waals surface area contributed by atoms with Crippen molar-refractivity contribution in [1.29, 1.82) is 0 Å². The molecule has 1 saturated carbocycles. The number of nitrogens with one attached hydrogen (secondary N) is 1. The Morgan fingerprint density at radius 1 is 1.33 bits per heavy atom. The first kappa shape index (κ1) is 14.5. The second kappa shape index (κ2) is 6.14. The Balaban J connectivity index is 1.64. The Morgan fingerprint density at radius 2 is 2.05 bits per heavy atom. The van der Waals surface area contributed by atoms with Crippen LogP contribution < -0.4 is 5.32 Å². The molecule has 2 aliphatic carbocycles. The van der Waals surface area contributed by atoms with E-state index in [0.717, 1.165) is 32.5 Å². The third kappa shape index (κ3) is 3.26. The van der Waals surface area contributed by atoms with Crippen LogP contribution in [-0.4, -0.2) is 42.3 Å². The third-order valence-corrected chi connectivity index (χ3v) is 5.02. The van der Waals surface area contributed by atoms with Crippen LogP contribution >= 0.6 is 0 Å². The average molecular weight is 288 g/mol. The van der Waals surface area contributed by atoms with Crippen LogP contribution in [0.4, 0.5) is 0 Å². The van der Waals surface area contributed by atoms with Crippen molar-refractivity contribution in [2.24, 2.45) is 11.8 Å². The molecule has 2 fully saturated rings. The Kier molecular flexibility index (Phi) is 4.24. The van der Waals surface area contributed by atoms with Crippen LogP contribution in [0.15, 0.2) is 23.8 Å². The molecule has 4 nitrogen and oxygen atoms in total. The Bertz CT molecular complexity index is 477. The van der Waals surface area contributed by atoms with E-state index < -0.39 is 0 Å². The van der Waals surface area contributed by atoms with E-state index in [2.05, 4.69) is 23.5 Å². The summed E-state index contributed by atoms with van der Waals surface area (Å²) < 4.78 is 0. The fraction of sp³-hybridized carbons (Fsp3) is 0.647. The standard InChI is InChI=1S/C17H24N2O2/c1-12(20)19-10-14-7-16(21)8-15(11-19)17(14)18-9-13-5-3-2-4-6-13/h2-3,5,14-15,17-18H,4,6-11H2,1H3. The van der Waals surface area contributed by atoms with Crippen LogP contribution in [0.3, 0.4) is 0 Å². The van der Waals surface area contributed by atoms with Gasteiger partial charge in [-0.3, -0.25) is 9.59 Å². The Labute approximate surface area is 126 Å². The summed E-state index contributed by atoms with van der Waals surface area (Å²) in [5.74, 6) is 1.08. The average Bonchev–Trinajstić information content (AvgIpc) is 2.45. The summed E-state index contributed by atoms with van der Waals surface area (Å²) >= 11 is 0. The molecule has 114 valence electrons. The van der Waals surface area contributed by atoms with Crippen molar-refractivity contribution in [2.75, 3.05) is 19.6 Å². The molecule has 21 heavy (non-hydrogen) atoms. The minimum atomic E-state index is 0.137. The lowest BCUT2D eigenvalue weighted by Gasteiger charge is -2.47. The van der Waals surface area contributed by atoms with Crippen molar-refractivity contribution < 1.29 is 9.59 Å². The molecule has 3 aliphatic rings. The zero-order valence-electron chi connectivity index (χ0n) is 12.7. The number of ketones is 1. The highest BCUT2D eigenvalue weighted by molar-refractivity contribution is 5.81. The van der Waals surface area contributed by atoms with Crippen molar-refractivity contribution in [1.82, 2.24) is 10.2 Å². The molecule has 1 heterocycles. The zero-order valence-corrected chi connectivity index (χ0v) is 12.7. The SMILES string of the molecule is CC(=O)N1CC2CC(=O)CC(C1)C2NCC1=CC=CCC1. The van der Waals surface area contributed by atoms with E-state index in [1.165, 1.54) is 5.57 Å². The van der Waals surface area contributed by atoms with Crippen LogP contribution in [0, 0.1) is 11.8 Å². The maximum atomic E-state index is 11.9. The van der Waals surface area contributed by atoms with E-state index in [-0.39, 0.29) is 17.7 Å². The number of hydrogen-bond donors (Lipinski definition) is 1. The van der Waals surface area contributed by atoms with E-state index >= 15 is 0 Å². The Hall–Kier alpha value is -1.42. The summed E-state index contributed by atoms with van der Waals surface area (Å²) in [6, 6.07) is 0.380. The van der Waals surface area contributed by atoms with E-state index in [4.69, 9.17) is 0 Å². The zero-order chi connectivity index (χ0) is 14.8. The molecule has 4 heteroatoms. The van der Waals surface area contributed by atoms with Gasteiger partial charge >= 0.3 is 0 Å². The second-order valence-corrected chi connectivity index (χ2v) is 6.59. The van der Waals surface area contributed by atoms with Crippen molar-refractivity contribution >= 4 is 11.7 Å². The van der Waals surface area contributed by atoms with Gasteiger partial charge in [-0.15, -0.1) is 0 Å². The maximum Gasteiger partial charge on any atom is 0.219 e. The molecular formula is C17H24N2O2. The largest absolute Gasteiger partial charge is 0.342 e. The molecule has 0 aromatic rings. The lowest BCUT2D eigenvalue weighted by Crippen LogP contribution is -2.59. The monoisotopic (exact) mass is 288 g/mol. The summed E-state index contributed by atoms with van der Waals surface area (Å²) in [4.78, 5) is 25.4. The summed E-state index contributed by atoms with van der Waals surface area (Å²) in [5.41, 5.74) is 1.44. The molecule has 1 amide bonds. The molecule has 0 radical (unpaired) electrons. The Morgan fingerprint density at radius 3 is 2.62 bits per heavy atom. The van der Waals surface area contributed by atoms with Gasteiger partial charge in [0.25, 0.3) is 0 Å². The topological polar surface area (TPSA) is 49.4 Å². The molecule has 2 bridgehead atoms. The second-order valence-electron chi connectivity index (χ2n) is 6.59. The molecule has 0 spiro atoms. The number of nitrogens with zero attached hydrogens (tertiary/aromatic N) is 1. The number of carbonyl (C=O) groups excluding carboxylic acids is 2. The number of carbonyl (C=O) groups is 2. The summed E-state index contributed by atoms with van der Waals surface area (Å²) in [5, 5.41) is 3.68.